The number of ether oxygens (including phenoxy) is 4. The molecule has 0 unspecified atom stereocenters. The molecule has 0 amide bonds. The topological polar surface area (TPSA) is 91.3 Å². The summed E-state index contributed by atoms with van der Waals surface area (Å²) in [5.41, 5.74) is 0. The van der Waals surface area contributed by atoms with E-state index in [-0.39, 0.29) is 12.8 Å². The van der Waals surface area contributed by atoms with Crippen LogP contribution in [0.2, 0.25) is 0 Å². The standard InChI is InChI=1S/C23H44O7/c1-4-28-23(29-5-2,30-6-3)19-15-13-11-9-7-8-10-12-14-16-20-27-22(26)18-17-21(24)25/h4-20H2,1-3H3,(H,24,25). The van der Waals surface area contributed by atoms with E-state index in [0.29, 0.717) is 26.4 Å². The largest absolute Gasteiger partial charge is 0.481 e. The van der Waals surface area contributed by atoms with Gasteiger partial charge in [0, 0.05) is 26.2 Å². The lowest BCUT2D eigenvalue weighted by Gasteiger charge is -2.32. The number of hydrogen-bond acceptors (Lipinski definition) is 6. The lowest BCUT2D eigenvalue weighted by molar-refractivity contribution is -0.380. The third-order valence-electron chi connectivity index (χ3n) is 4.78. The minimum atomic E-state index is -0.971. The Morgan fingerprint density at radius 3 is 1.53 bits per heavy atom. The first-order chi connectivity index (χ1) is 14.5. The molecule has 0 spiro atoms. The quantitative estimate of drug-likeness (QED) is 0.138. The van der Waals surface area contributed by atoms with E-state index in [2.05, 4.69) is 0 Å². The molecule has 0 fully saturated rings. The SMILES string of the molecule is CCOC(CCCCCCCCCCCCOC(=O)CCC(=O)O)(OCC)OCC. The Labute approximate surface area is 182 Å². The van der Waals surface area contributed by atoms with Crippen molar-refractivity contribution in [2.45, 2.75) is 110 Å². The van der Waals surface area contributed by atoms with E-state index >= 15 is 0 Å². The van der Waals surface area contributed by atoms with Crippen LogP contribution in [0.5, 0.6) is 0 Å². The highest BCUT2D eigenvalue weighted by molar-refractivity contribution is 5.76. The number of carboxylic acid groups (broad SMARTS) is 1. The third kappa shape index (κ3) is 16.6. The summed E-state index contributed by atoms with van der Waals surface area (Å²) < 4.78 is 22.3. The second-order valence-electron chi connectivity index (χ2n) is 7.38. The maximum absolute atomic E-state index is 11.3. The van der Waals surface area contributed by atoms with Crippen LogP contribution in [0.15, 0.2) is 0 Å². The van der Waals surface area contributed by atoms with Gasteiger partial charge in [-0.05, 0) is 33.6 Å². The van der Waals surface area contributed by atoms with Crippen molar-refractivity contribution < 1.29 is 33.6 Å². The number of carbonyl (C=O) groups is 2. The molecule has 0 aliphatic heterocycles. The number of hydrogen-bond donors (Lipinski definition) is 1. The number of esters is 1. The summed E-state index contributed by atoms with van der Waals surface area (Å²) in [7, 11) is 0. The van der Waals surface area contributed by atoms with Crippen molar-refractivity contribution in [1.29, 1.82) is 0 Å². The molecule has 0 saturated carbocycles. The molecule has 0 atom stereocenters. The van der Waals surface area contributed by atoms with Gasteiger partial charge in [0.2, 0.25) is 0 Å². The van der Waals surface area contributed by atoms with Gasteiger partial charge in [-0.1, -0.05) is 51.4 Å². The predicted molar refractivity (Wildman–Crippen MR) is 116 cm³/mol. The highest BCUT2D eigenvalue weighted by Gasteiger charge is 2.31. The molecule has 0 radical (unpaired) electrons. The Balaban J connectivity index is 3.54. The van der Waals surface area contributed by atoms with Gasteiger partial charge in [0.05, 0.1) is 19.4 Å². The van der Waals surface area contributed by atoms with Crippen molar-refractivity contribution in [2.24, 2.45) is 0 Å². The lowest BCUT2D eigenvalue weighted by Crippen LogP contribution is -2.39. The van der Waals surface area contributed by atoms with Crippen LogP contribution in [0.3, 0.4) is 0 Å². The molecule has 0 aliphatic carbocycles. The van der Waals surface area contributed by atoms with Gasteiger partial charge in [-0.3, -0.25) is 9.59 Å². The lowest BCUT2D eigenvalue weighted by atomic mass is 10.1. The van der Waals surface area contributed by atoms with E-state index in [4.69, 9.17) is 24.1 Å². The molecule has 0 bridgehead atoms. The monoisotopic (exact) mass is 432 g/mol. The molecular formula is C23H44O7. The summed E-state index contributed by atoms with van der Waals surface area (Å²) in [6, 6.07) is 0. The summed E-state index contributed by atoms with van der Waals surface area (Å²) in [5, 5.41) is 8.50. The minimum Gasteiger partial charge on any atom is -0.481 e. The van der Waals surface area contributed by atoms with Gasteiger partial charge in [-0.15, -0.1) is 0 Å². The molecule has 1 N–H and O–H groups in total. The van der Waals surface area contributed by atoms with Gasteiger partial charge < -0.3 is 24.1 Å². The fourth-order valence-electron chi connectivity index (χ4n) is 3.33. The number of unbranched alkanes of at least 4 members (excludes halogenated alkanes) is 9. The first kappa shape index (κ1) is 28.8. The molecule has 178 valence electrons. The Hall–Kier alpha value is -1.18. The maximum Gasteiger partial charge on any atom is 0.306 e. The zero-order valence-corrected chi connectivity index (χ0v) is 19.4. The Morgan fingerprint density at radius 2 is 1.10 bits per heavy atom. The highest BCUT2D eigenvalue weighted by Crippen LogP contribution is 2.24. The summed E-state index contributed by atoms with van der Waals surface area (Å²) in [6.45, 7) is 8.00. The normalized spacial score (nSPS) is 11.6. The summed E-state index contributed by atoms with van der Waals surface area (Å²) in [4.78, 5) is 21.6. The van der Waals surface area contributed by atoms with Crippen LogP contribution in [0.1, 0.15) is 104 Å². The van der Waals surface area contributed by atoms with Crippen LogP contribution in [0, 0.1) is 0 Å². The molecule has 0 aliphatic rings. The number of carboxylic acids is 1. The van der Waals surface area contributed by atoms with Crippen molar-refractivity contribution in [3.63, 3.8) is 0 Å². The van der Waals surface area contributed by atoms with E-state index in [0.717, 1.165) is 38.5 Å². The first-order valence-corrected chi connectivity index (χ1v) is 11.8. The molecular weight excluding hydrogens is 388 g/mol. The number of carbonyl (C=O) groups excluding carboxylic acids is 1. The van der Waals surface area contributed by atoms with Crippen molar-refractivity contribution in [1.82, 2.24) is 0 Å². The molecule has 0 saturated heterocycles. The van der Waals surface area contributed by atoms with Gasteiger partial charge in [-0.25, -0.2) is 0 Å². The highest BCUT2D eigenvalue weighted by atomic mass is 16.9. The zero-order chi connectivity index (χ0) is 22.5. The van der Waals surface area contributed by atoms with Crippen molar-refractivity contribution in [2.75, 3.05) is 26.4 Å². The summed E-state index contributed by atoms with van der Waals surface area (Å²) >= 11 is 0. The van der Waals surface area contributed by atoms with E-state index in [1.165, 1.54) is 32.1 Å². The second kappa shape index (κ2) is 19.8. The van der Waals surface area contributed by atoms with Crippen molar-refractivity contribution in [3.8, 4) is 0 Å². The maximum atomic E-state index is 11.3. The number of rotatable bonds is 22. The molecule has 0 rings (SSSR count). The fraction of sp³-hybridized carbons (Fsp3) is 0.913. The second-order valence-corrected chi connectivity index (χ2v) is 7.38. The molecule has 7 heteroatoms. The molecule has 0 heterocycles. The van der Waals surface area contributed by atoms with Gasteiger partial charge in [-0.2, -0.15) is 0 Å². The van der Waals surface area contributed by atoms with Crippen LogP contribution < -0.4 is 0 Å². The van der Waals surface area contributed by atoms with E-state index in [1.807, 2.05) is 20.8 Å². The van der Waals surface area contributed by atoms with Gasteiger partial charge in [0.1, 0.15) is 0 Å². The third-order valence-corrected chi connectivity index (χ3v) is 4.78. The molecule has 0 aromatic heterocycles. The zero-order valence-electron chi connectivity index (χ0n) is 19.4. The number of aliphatic carboxylic acids is 1. The van der Waals surface area contributed by atoms with E-state index < -0.39 is 17.9 Å². The van der Waals surface area contributed by atoms with Crippen LogP contribution in [0.25, 0.3) is 0 Å². The average Bonchev–Trinajstić information content (AvgIpc) is 2.70. The van der Waals surface area contributed by atoms with Crippen LogP contribution in [-0.4, -0.2) is 49.4 Å². The minimum absolute atomic E-state index is 0.0425. The summed E-state index contributed by atoms with van der Waals surface area (Å²) in [5.74, 6) is -2.26. The first-order valence-electron chi connectivity index (χ1n) is 11.8. The Bertz CT molecular complexity index is 409. The fourth-order valence-corrected chi connectivity index (χ4v) is 3.33. The molecule has 0 aromatic carbocycles. The van der Waals surface area contributed by atoms with Crippen LogP contribution in [0.4, 0.5) is 0 Å². The molecule has 0 aromatic rings. The van der Waals surface area contributed by atoms with Gasteiger partial charge in [0.25, 0.3) is 5.97 Å². The van der Waals surface area contributed by atoms with Crippen LogP contribution in [-0.2, 0) is 28.5 Å². The van der Waals surface area contributed by atoms with Crippen LogP contribution >= 0.6 is 0 Å². The van der Waals surface area contributed by atoms with Gasteiger partial charge >= 0.3 is 11.9 Å². The van der Waals surface area contributed by atoms with Gasteiger partial charge in [0.15, 0.2) is 0 Å². The summed E-state index contributed by atoms with van der Waals surface area (Å²) in [6.07, 6.45) is 11.9. The predicted octanol–water partition coefficient (Wildman–Crippen LogP) is 5.45. The van der Waals surface area contributed by atoms with E-state index in [9.17, 15) is 9.59 Å². The van der Waals surface area contributed by atoms with E-state index in [1.54, 1.807) is 0 Å². The molecule has 30 heavy (non-hydrogen) atoms. The van der Waals surface area contributed by atoms with Crippen molar-refractivity contribution >= 4 is 11.9 Å². The smallest absolute Gasteiger partial charge is 0.306 e. The van der Waals surface area contributed by atoms with Crippen molar-refractivity contribution in [3.05, 3.63) is 0 Å². The Kier molecular flexibility index (Phi) is 19.0. The average molecular weight is 433 g/mol. The Morgan fingerprint density at radius 1 is 0.667 bits per heavy atom. The molecule has 7 nitrogen and oxygen atoms in total.